The number of rotatable bonds is 3. The van der Waals surface area contributed by atoms with Gasteiger partial charge in [0.05, 0.1) is 5.56 Å². The Kier molecular flexibility index (Phi) is 4.42. The van der Waals surface area contributed by atoms with Crippen molar-refractivity contribution in [2.75, 3.05) is 13.2 Å². The average molecular weight is 277 g/mol. The number of nitrogens with one attached hydrogen (secondary N) is 1. The SMILES string of the molecule is Fc1cc(C(F)(F)F)ccc1CNC1CCOCC1. The molecule has 1 aromatic carbocycles. The maximum absolute atomic E-state index is 13.6. The van der Waals surface area contributed by atoms with Gasteiger partial charge < -0.3 is 10.1 Å². The molecule has 1 N–H and O–H groups in total. The molecule has 1 aliphatic rings. The molecule has 0 aliphatic carbocycles. The zero-order valence-electron chi connectivity index (χ0n) is 10.3. The molecule has 1 aliphatic heterocycles. The second-order valence-electron chi connectivity index (χ2n) is 4.57. The van der Waals surface area contributed by atoms with E-state index >= 15 is 0 Å². The lowest BCUT2D eigenvalue weighted by molar-refractivity contribution is -0.137. The van der Waals surface area contributed by atoms with Crippen molar-refractivity contribution < 1.29 is 22.3 Å². The molecule has 1 heterocycles. The van der Waals surface area contributed by atoms with Crippen molar-refractivity contribution in [2.24, 2.45) is 0 Å². The minimum absolute atomic E-state index is 0.231. The molecule has 0 saturated carbocycles. The molecule has 19 heavy (non-hydrogen) atoms. The summed E-state index contributed by atoms with van der Waals surface area (Å²) in [6.45, 7) is 1.55. The largest absolute Gasteiger partial charge is 0.416 e. The van der Waals surface area contributed by atoms with Crippen molar-refractivity contribution in [1.29, 1.82) is 0 Å². The normalized spacial score (nSPS) is 17.7. The Morgan fingerprint density at radius 2 is 1.89 bits per heavy atom. The summed E-state index contributed by atoms with van der Waals surface area (Å²) in [6, 6.07) is 2.87. The highest BCUT2D eigenvalue weighted by Crippen LogP contribution is 2.30. The van der Waals surface area contributed by atoms with Crippen LogP contribution in [0.5, 0.6) is 0 Å². The zero-order chi connectivity index (χ0) is 13.9. The highest BCUT2D eigenvalue weighted by atomic mass is 19.4. The molecule has 1 saturated heterocycles. The Labute approximate surface area is 108 Å². The van der Waals surface area contributed by atoms with Crippen LogP contribution in [-0.4, -0.2) is 19.3 Å². The number of hydrogen-bond acceptors (Lipinski definition) is 2. The summed E-state index contributed by atoms with van der Waals surface area (Å²) >= 11 is 0. The van der Waals surface area contributed by atoms with Crippen molar-refractivity contribution in [2.45, 2.75) is 31.6 Å². The van der Waals surface area contributed by atoms with Crippen LogP contribution in [0.15, 0.2) is 18.2 Å². The molecular formula is C13H15F4NO. The van der Waals surface area contributed by atoms with Gasteiger partial charge in [0.2, 0.25) is 0 Å². The molecule has 2 nitrogen and oxygen atoms in total. The smallest absolute Gasteiger partial charge is 0.381 e. The summed E-state index contributed by atoms with van der Waals surface area (Å²) < 4.78 is 55.9. The van der Waals surface area contributed by atoms with E-state index in [0.717, 1.165) is 18.9 Å². The number of hydrogen-bond donors (Lipinski definition) is 1. The van der Waals surface area contributed by atoms with Gasteiger partial charge in [-0.05, 0) is 25.0 Å². The van der Waals surface area contributed by atoms with Crippen LogP contribution in [0.3, 0.4) is 0 Å². The van der Waals surface area contributed by atoms with Gasteiger partial charge in [-0.25, -0.2) is 4.39 Å². The first-order chi connectivity index (χ1) is 8.97. The number of benzene rings is 1. The zero-order valence-corrected chi connectivity index (χ0v) is 10.3. The van der Waals surface area contributed by atoms with Crippen LogP contribution in [0.25, 0.3) is 0 Å². The average Bonchev–Trinajstić information content (AvgIpc) is 2.37. The molecular weight excluding hydrogens is 262 g/mol. The molecule has 0 unspecified atom stereocenters. The van der Waals surface area contributed by atoms with Crippen molar-refractivity contribution in [3.05, 3.63) is 35.1 Å². The van der Waals surface area contributed by atoms with Crippen LogP contribution in [0.4, 0.5) is 17.6 Å². The molecule has 2 rings (SSSR count). The number of alkyl halides is 3. The van der Waals surface area contributed by atoms with E-state index in [2.05, 4.69) is 5.32 Å². The maximum atomic E-state index is 13.6. The fourth-order valence-electron chi connectivity index (χ4n) is 2.02. The molecule has 1 fully saturated rings. The first kappa shape index (κ1) is 14.3. The predicted octanol–water partition coefficient (Wildman–Crippen LogP) is 3.11. The molecule has 1 aromatic rings. The summed E-state index contributed by atoms with van der Waals surface area (Å²) in [5, 5.41) is 3.14. The third-order valence-corrected chi connectivity index (χ3v) is 3.18. The Morgan fingerprint density at radius 1 is 1.21 bits per heavy atom. The van der Waals surface area contributed by atoms with Gasteiger partial charge in [0, 0.05) is 31.4 Å². The van der Waals surface area contributed by atoms with E-state index in [1.165, 1.54) is 6.07 Å². The summed E-state index contributed by atoms with van der Waals surface area (Å²) in [6.07, 6.45) is -2.84. The summed E-state index contributed by atoms with van der Waals surface area (Å²) in [5.74, 6) is -0.825. The molecule has 0 atom stereocenters. The summed E-state index contributed by atoms with van der Waals surface area (Å²) in [4.78, 5) is 0. The van der Waals surface area contributed by atoms with Crippen LogP contribution < -0.4 is 5.32 Å². The van der Waals surface area contributed by atoms with Gasteiger partial charge in [-0.15, -0.1) is 0 Å². The Bertz CT molecular complexity index is 427. The van der Waals surface area contributed by atoms with E-state index in [0.29, 0.717) is 19.3 Å². The molecule has 6 heteroatoms. The molecule has 0 amide bonds. The van der Waals surface area contributed by atoms with Crippen LogP contribution in [0.2, 0.25) is 0 Å². The Hall–Kier alpha value is -1.14. The van der Waals surface area contributed by atoms with E-state index in [1.54, 1.807) is 0 Å². The van der Waals surface area contributed by atoms with Gasteiger partial charge in [0.25, 0.3) is 0 Å². The van der Waals surface area contributed by atoms with Gasteiger partial charge in [-0.2, -0.15) is 13.2 Å². The fraction of sp³-hybridized carbons (Fsp3) is 0.538. The highest BCUT2D eigenvalue weighted by molar-refractivity contribution is 5.26. The van der Waals surface area contributed by atoms with E-state index in [-0.39, 0.29) is 18.2 Å². The molecule has 0 radical (unpaired) electrons. The summed E-state index contributed by atoms with van der Waals surface area (Å²) in [5.41, 5.74) is -0.709. The van der Waals surface area contributed by atoms with E-state index in [9.17, 15) is 17.6 Å². The second-order valence-corrected chi connectivity index (χ2v) is 4.57. The minimum atomic E-state index is -4.51. The molecule has 106 valence electrons. The first-order valence-corrected chi connectivity index (χ1v) is 6.13. The van der Waals surface area contributed by atoms with Crippen molar-refractivity contribution in [3.8, 4) is 0 Å². The third-order valence-electron chi connectivity index (χ3n) is 3.18. The van der Waals surface area contributed by atoms with Gasteiger partial charge in [-0.1, -0.05) is 6.07 Å². The van der Waals surface area contributed by atoms with E-state index in [4.69, 9.17) is 4.74 Å². The predicted molar refractivity (Wildman–Crippen MR) is 62.1 cm³/mol. The number of halogens is 4. The minimum Gasteiger partial charge on any atom is -0.381 e. The van der Waals surface area contributed by atoms with Crippen molar-refractivity contribution >= 4 is 0 Å². The van der Waals surface area contributed by atoms with Crippen molar-refractivity contribution in [1.82, 2.24) is 5.32 Å². The van der Waals surface area contributed by atoms with Crippen molar-refractivity contribution in [3.63, 3.8) is 0 Å². The quantitative estimate of drug-likeness (QED) is 0.857. The van der Waals surface area contributed by atoms with Gasteiger partial charge in [-0.3, -0.25) is 0 Å². The monoisotopic (exact) mass is 277 g/mol. The van der Waals surface area contributed by atoms with E-state index in [1.807, 2.05) is 0 Å². The van der Waals surface area contributed by atoms with Crippen LogP contribution in [0.1, 0.15) is 24.0 Å². The van der Waals surface area contributed by atoms with E-state index < -0.39 is 17.6 Å². The van der Waals surface area contributed by atoms with Crippen LogP contribution >= 0.6 is 0 Å². The molecule has 0 spiro atoms. The molecule has 0 bridgehead atoms. The molecule has 0 aromatic heterocycles. The lowest BCUT2D eigenvalue weighted by Crippen LogP contribution is -2.34. The topological polar surface area (TPSA) is 21.3 Å². The second kappa shape index (κ2) is 5.88. The first-order valence-electron chi connectivity index (χ1n) is 6.13. The van der Waals surface area contributed by atoms with Crippen LogP contribution in [-0.2, 0) is 17.5 Å². The standard InChI is InChI=1S/C13H15F4NO/c14-12-7-10(13(15,16)17)2-1-9(12)8-18-11-3-5-19-6-4-11/h1-2,7,11,18H,3-6,8H2. The Balaban J connectivity index is 1.97. The maximum Gasteiger partial charge on any atom is 0.416 e. The van der Waals surface area contributed by atoms with Crippen LogP contribution in [0, 0.1) is 5.82 Å². The van der Waals surface area contributed by atoms with Gasteiger partial charge in [0.15, 0.2) is 0 Å². The lowest BCUT2D eigenvalue weighted by atomic mass is 10.1. The van der Waals surface area contributed by atoms with Gasteiger partial charge >= 0.3 is 6.18 Å². The fourth-order valence-corrected chi connectivity index (χ4v) is 2.02. The van der Waals surface area contributed by atoms with Gasteiger partial charge in [0.1, 0.15) is 5.82 Å². The Morgan fingerprint density at radius 3 is 2.47 bits per heavy atom. The highest BCUT2D eigenvalue weighted by Gasteiger charge is 2.31. The lowest BCUT2D eigenvalue weighted by Gasteiger charge is -2.23. The summed E-state index contributed by atoms with van der Waals surface area (Å²) in [7, 11) is 0. The number of ether oxygens (including phenoxy) is 1. The third kappa shape index (κ3) is 3.91.